The lowest BCUT2D eigenvalue weighted by atomic mass is 9.99. The molecule has 6 heteroatoms. The van der Waals surface area contributed by atoms with Crippen molar-refractivity contribution < 1.29 is 9.53 Å². The number of amides is 1. The zero-order valence-electron chi connectivity index (χ0n) is 12.1. The Kier molecular flexibility index (Phi) is 4.07. The van der Waals surface area contributed by atoms with Crippen LogP contribution in [0.15, 0.2) is 15.5 Å². The summed E-state index contributed by atoms with van der Waals surface area (Å²) in [5.41, 5.74) is 0.167. The highest BCUT2D eigenvalue weighted by molar-refractivity contribution is 9.10. The zero-order valence-corrected chi connectivity index (χ0v) is 13.7. The van der Waals surface area contributed by atoms with Crippen molar-refractivity contribution in [1.82, 2.24) is 9.88 Å². The molecule has 20 heavy (non-hydrogen) atoms. The van der Waals surface area contributed by atoms with Crippen molar-refractivity contribution in [2.24, 2.45) is 0 Å². The number of H-pyrrole nitrogens is 1. The van der Waals surface area contributed by atoms with Gasteiger partial charge in [0.15, 0.2) is 0 Å². The maximum atomic E-state index is 12.7. The van der Waals surface area contributed by atoms with Gasteiger partial charge >= 0.3 is 0 Å². The number of carbonyl (C=O) groups excluding carboxylic acids is 1. The van der Waals surface area contributed by atoms with Gasteiger partial charge in [0.05, 0.1) is 22.7 Å². The molecule has 0 saturated carbocycles. The van der Waals surface area contributed by atoms with E-state index in [4.69, 9.17) is 4.74 Å². The molecular weight excluding hydrogens is 324 g/mol. The number of nitrogens with one attached hydrogen (secondary N) is 1. The summed E-state index contributed by atoms with van der Waals surface area (Å²) in [4.78, 5) is 29.6. The number of aromatic amines is 1. The normalized spacial score (nSPS) is 21.9. The Morgan fingerprint density at radius 1 is 1.55 bits per heavy atom. The third-order valence-corrected chi connectivity index (χ3v) is 4.53. The maximum Gasteiger partial charge on any atom is 0.259 e. The molecule has 1 saturated heterocycles. The molecule has 2 heterocycles. The Bertz CT molecular complexity index is 595. The molecule has 0 spiro atoms. The average molecular weight is 343 g/mol. The van der Waals surface area contributed by atoms with Crippen molar-refractivity contribution in [2.75, 3.05) is 13.2 Å². The first-order chi connectivity index (χ1) is 9.24. The third kappa shape index (κ3) is 2.67. The molecule has 1 atom stereocenters. The Balaban J connectivity index is 2.40. The number of morpholine rings is 1. The average Bonchev–Trinajstić information content (AvgIpc) is 2.38. The topological polar surface area (TPSA) is 62.4 Å². The van der Waals surface area contributed by atoms with Crippen LogP contribution >= 0.6 is 15.9 Å². The first-order valence-electron chi connectivity index (χ1n) is 6.55. The molecular formula is C14H19BrN2O3. The minimum Gasteiger partial charge on any atom is -0.374 e. The van der Waals surface area contributed by atoms with Crippen LogP contribution in [0.25, 0.3) is 0 Å². The van der Waals surface area contributed by atoms with Crippen molar-refractivity contribution in [3.8, 4) is 0 Å². The van der Waals surface area contributed by atoms with E-state index in [2.05, 4.69) is 20.9 Å². The van der Waals surface area contributed by atoms with Crippen LogP contribution in [-0.4, -0.2) is 40.6 Å². The Morgan fingerprint density at radius 2 is 2.20 bits per heavy atom. The summed E-state index contributed by atoms with van der Waals surface area (Å²) in [6.45, 7) is 8.52. The summed E-state index contributed by atoms with van der Waals surface area (Å²) in [6, 6.07) is 0. The standard InChI is InChI=1S/C14H19BrN2O3/c1-8-6-17(14(3,4)7-20-8)13(19)10-5-16-9(2)11(15)12(10)18/h5,8H,6-7H2,1-4H3,(H,16,18)/t8-/m0/s1. The summed E-state index contributed by atoms with van der Waals surface area (Å²) in [6.07, 6.45) is 1.46. The largest absolute Gasteiger partial charge is 0.374 e. The van der Waals surface area contributed by atoms with Crippen molar-refractivity contribution in [2.45, 2.75) is 39.3 Å². The number of pyridine rings is 1. The number of carbonyl (C=O) groups is 1. The quantitative estimate of drug-likeness (QED) is 0.849. The van der Waals surface area contributed by atoms with E-state index >= 15 is 0 Å². The second-order valence-corrected chi connectivity index (χ2v) is 6.61. The van der Waals surface area contributed by atoms with Crippen LogP contribution in [0.4, 0.5) is 0 Å². The van der Waals surface area contributed by atoms with Crippen LogP contribution in [0.3, 0.4) is 0 Å². The van der Waals surface area contributed by atoms with E-state index in [1.807, 2.05) is 20.8 Å². The van der Waals surface area contributed by atoms with Gasteiger partial charge in [0.1, 0.15) is 5.56 Å². The Hall–Kier alpha value is -1.14. The predicted octanol–water partition coefficient (Wildman–Crippen LogP) is 2.09. The molecule has 1 aromatic heterocycles. The third-order valence-electron chi connectivity index (χ3n) is 3.57. The monoisotopic (exact) mass is 342 g/mol. The lowest BCUT2D eigenvalue weighted by molar-refractivity contribution is -0.0756. The second kappa shape index (κ2) is 5.33. The smallest absolute Gasteiger partial charge is 0.259 e. The fourth-order valence-electron chi connectivity index (χ4n) is 2.24. The summed E-state index contributed by atoms with van der Waals surface area (Å²) >= 11 is 3.22. The Labute approximate surface area is 126 Å². The molecule has 1 N–H and O–H groups in total. The SMILES string of the molecule is Cc1[nH]cc(C(=O)N2C[C@H](C)OCC2(C)C)c(=O)c1Br. The van der Waals surface area contributed by atoms with Crippen molar-refractivity contribution >= 4 is 21.8 Å². The van der Waals surface area contributed by atoms with Gasteiger partial charge in [0, 0.05) is 18.4 Å². The summed E-state index contributed by atoms with van der Waals surface area (Å²) in [7, 11) is 0. The highest BCUT2D eigenvalue weighted by Crippen LogP contribution is 2.24. The van der Waals surface area contributed by atoms with Gasteiger partial charge in [0.2, 0.25) is 5.43 Å². The van der Waals surface area contributed by atoms with E-state index in [0.717, 1.165) is 0 Å². The zero-order chi connectivity index (χ0) is 15.1. The lowest BCUT2D eigenvalue weighted by Gasteiger charge is -2.44. The van der Waals surface area contributed by atoms with Gasteiger partial charge in [0.25, 0.3) is 5.91 Å². The van der Waals surface area contributed by atoms with E-state index in [1.165, 1.54) is 6.20 Å². The summed E-state index contributed by atoms with van der Waals surface area (Å²) in [5, 5.41) is 0. The highest BCUT2D eigenvalue weighted by Gasteiger charge is 2.38. The summed E-state index contributed by atoms with van der Waals surface area (Å²) in [5.74, 6) is -0.257. The van der Waals surface area contributed by atoms with E-state index in [1.54, 1.807) is 11.8 Å². The number of hydrogen-bond donors (Lipinski definition) is 1. The molecule has 110 valence electrons. The minimum atomic E-state index is -0.423. The number of rotatable bonds is 1. The number of ether oxygens (including phenoxy) is 1. The molecule has 1 amide bonds. The van der Waals surface area contributed by atoms with Gasteiger partial charge in [-0.1, -0.05) is 0 Å². The highest BCUT2D eigenvalue weighted by atomic mass is 79.9. The van der Waals surface area contributed by atoms with Crippen LogP contribution < -0.4 is 5.43 Å². The minimum absolute atomic E-state index is 0.0278. The fraction of sp³-hybridized carbons (Fsp3) is 0.571. The lowest BCUT2D eigenvalue weighted by Crippen LogP contribution is -2.58. The molecule has 5 nitrogen and oxygen atoms in total. The van der Waals surface area contributed by atoms with Crippen LogP contribution in [0.5, 0.6) is 0 Å². The molecule has 1 aromatic rings. The van der Waals surface area contributed by atoms with Crippen molar-refractivity contribution in [3.63, 3.8) is 0 Å². The van der Waals surface area contributed by atoms with Gasteiger partial charge < -0.3 is 14.6 Å². The first-order valence-corrected chi connectivity index (χ1v) is 7.34. The molecule has 1 aliphatic heterocycles. The van der Waals surface area contributed by atoms with E-state index in [0.29, 0.717) is 23.3 Å². The van der Waals surface area contributed by atoms with E-state index in [-0.39, 0.29) is 23.0 Å². The van der Waals surface area contributed by atoms with Crippen LogP contribution in [0.2, 0.25) is 0 Å². The number of halogens is 1. The Morgan fingerprint density at radius 3 is 2.85 bits per heavy atom. The molecule has 2 rings (SSSR count). The number of aryl methyl sites for hydroxylation is 1. The summed E-state index contributed by atoms with van der Waals surface area (Å²) < 4.78 is 6.00. The molecule has 1 aliphatic rings. The van der Waals surface area contributed by atoms with Crippen molar-refractivity contribution in [3.05, 3.63) is 32.2 Å². The first kappa shape index (κ1) is 15.3. The number of aromatic nitrogens is 1. The predicted molar refractivity (Wildman–Crippen MR) is 80.0 cm³/mol. The molecule has 0 aliphatic carbocycles. The molecule has 0 aromatic carbocycles. The molecule has 0 bridgehead atoms. The fourth-order valence-corrected chi connectivity index (χ4v) is 2.57. The van der Waals surface area contributed by atoms with Gasteiger partial charge in [-0.2, -0.15) is 0 Å². The van der Waals surface area contributed by atoms with E-state index < -0.39 is 5.54 Å². The van der Waals surface area contributed by atoms with Crippen molar-refractivity contribution in [1.29, 1.82) is 0 Å². The molecule has 0 unspecified atom stereocenters. The number of nitrogens with zero attached hydrogens (tertiary/aromatic N) is 1. The van der Waals surface area contributed by atoms with Gasteiger partial charge in [-0.15, -0.1) is 0 Å². The van der Waals surface area contributed by atoms with E-state index in [9.17, 15) is 9.59 Å². The van der Waals surface area contributed by atoms with Crippen LogP contribution in [-0.2, 0) is 4.74 Å². The number of hydrogen-bond acceptors (Lipinski definition) is 3. The maximum absolute atomic E-state index is 12.7. The van der Waals surface area contributed by atoms with Crippen LogP contribution in [0.1, 0.15) is 36.8 Å². The van der Waals surface area contributed by atoms with Gasteiger partial charge in [-0.05, 0) is 43.6 Å². The molecule has 1 fully saturated rings. The van der Waals surface area contributed by atoms with Crippen LogP contribution in [0, 0.1) is 6.92 Å². The van der Waals surface area contributed by atoms with Gasteiger partial charge in [-0.25, -0.2) is 0 Å². The second-order valence-electron chi connectivity index (χ2n) is 5.82. The molecule has 0 radical (unpaired) electrons. The van der Waals surface area contributed by atoms with Gasteiger partial charge in [-0.3, -0.25) is 9.59 Å².